The highest BCUT2D eigenvalue weighted by Crippen LogP contribution is 2.30. The third-order valence-corrected chi connectivity index (χ3v) is 3.62. The number of halogens is 3. The summed E-state index contributed by atoms with van der Waals surface area (Å²) >= 11 is 0. The number of unbranched alkanes of at least 4 members (excludes halogenated alkanes) is 1. The maximum absolute atomic E-state index is 12.8. The van der Waals surface area contributed by atoms with E-state index in [0.29, 0.717) is 5.56 Å². The van der Waals surface area contributed by atoms with Crippen molar-refractivity contribution >= 4 is 0 Å². The summed E-state index contributed by atoms with van der Waals surface area (Å²) in [6, 6.07) is 8.46. The van der Waals surface area contributed by atoms with Crippen LogP contribution in [-0.4, -0.2) is 12.2 Å². The molecular weight excluding hydrogens is 275 g/mol. The zero-order valence-corrected chi connectivity index (χ0v) is 12.9. The maximum Gasteiger partial charge on any atom is 0.390 e. The normalized spacial score (nSPS) is 14.9. The van der Waals surface area contributed by atoms with Crippen LogP contribution in [0.5, 0.6) is 0 Å². The lowest BCUT2D eigenvalue weighted by atomic mass is 9.99. The molecule has 1 nitrogen and oxygen atoms in total. The number of hydrogen-bond donors (Lipinski definition) is 1. The first-order chi connectivity index (χ1) is 9.96. The summed E-state index contributed by atoms with van der Waals surface area (Å²) in [5.74, 6) is 0. The minimum atomic E-state index is -4.16. The van der Waals surface area contributed by atoms with Crippen LogP contribution in [0.15, 0.2) is 30.3 Å². The quantitative estimate of drug-likeness (QED) is 0.623. The zero-order chi connectivity index (χ0) is 15.7. The van der Waals surface area contributed by atoms with Crippen molar-refractivity contribution in [2.45, 2.75) is 70.6 Å². The van der Waals surface area contributed by atoms with Crippen molar-refractivity contribution in [2.24, 2.45) is 0 Å². The van der Waals surface area contributed by atoms with Crippen molar-refractivity contribution in [3.63, 3.8) is 0 Å². The van der Waals surface area contributed by atoms with Gasteiger partial charge in [-0.15, -0.1) is 0 Å². The largest absolute Gasteiger partial charge is 0.390 e. The first kappa shape index (κ1) is 18.0. The van der Waals surface area contributed by atoms with E-state index in [4.69, 9.17) is 0 Å². The number of hydrogen-bond acceptors (Lipinski definition) is 1. The third-order valence-electron chi connectivity index (χ3n) is 3.62. The Hall–Kier alpha value is -1.03. The van der Waals surface area contributed by atoms with Crippen LogP contribution < -0.4 is 5.32 Å². The van der Waals surface area contributed by atoms with Crippen LogP contribution in [0.1, 0.15) is 64.0 Å². The van der Waals surface area contributed by atoms with E-state index in [1.807, 2.05) is 6.07 Å². The minimum absolute atomic E-state index is 0.155. The molecule has 0 fully saturated rings. The fourth-order valence-electron chi connectivity index (χ4n) is 2.58. The lowest BCUT2D eigenvalue weighted by Gasteiger charge is -2.27. The van der Waals surface area contributed by atoms with Gasteiger partial charge in [-0.2, -0.15) is 13.2 Å². The molecule has 0 heterocycles. The molecule has 0 aliphatic carbocycles. The van der Waals surface area contributed by atoms with Gasteiger partial charge in [0.1, 0.15) is 0 Å². The topological polar surface area (TPSA) is 12.0 Å². The number of benzene rings is 1. The van der Waals surface area contributed by atoms with Crippen molar-refractivity contribution in [1.29, 1.82) is 0 Å². The average Bonchev–Trinajstić information content (AvgIpc) is 2.44. The second-order valence-electron chi connectivity index (χ2n) is 5.58. The molecule has 1 rings (SSSR count). The van der Waals surface area contributed by atoms with Crippen molar-refractivity contribution < 1.29 is 13.2 Å². The molecule has 0 bridgehead atoms. The first-order valence-corrected chi connectivity index (χ1v) is 7.84. The van der Waals surface area contributed by atoms with Gasteiger partial charge in [-0.1, -0.05) is 63.4 Å². The highest BCUT2D eigenvalue weighted by molar-refractivity contribution is 5.19. The molecule has 0 aliphatic rings. The van der Waals surface area contributed by atoms with Crippen LogP contribution in [-0.2, 0) is 0 Å². The molecule has 1 aromatic carbocycles. The Balaban J connectivity index is 2.79. The number of rotatable bonds is 9. The monoisotopic (exact) mass is 301 g/mol. The Morgan fingerprint density at radius 3 is 2.19 bits per heavy atom. The van der Waals surface area contributed by atoms with Gasteiger partial charge < -0.3 is 5.32 Å². The molecule has 0 aromatic heterocycles. The van der Waals surface area contributed by atoms with E-state index in [2.05, 4.69) is 19.2 Å². The van der Waals surface area contributed by atoms with Crippen molar-refractivity contribution in [3.05, 3.63) is 35.9 Å². The van der Waals surface area contributed by atoms with Crippen LogP contribution >= 0.6 is 0 Å². The molecule has 120 valence electrons. The molecule has 21 heavy (non-hydrogen) atoms. The van der Waals surface area contributed by atoms with E-state index < -0.39 is 18.6 Å². The van der Waals surface area contributed by atoms with E-state index in [9.17, 15) is 13.2 Å². The number of nitrogens with one attached hydrogen (secondary N) is 1. The predicted octanol–water partition coefficient (Wildman–Crippen LogP) is 5.63. The molecule has 0 aliphatic heterocycles. The first-order valence-electron chi connectivity index (χ1n) is 7.84. The summed E-state index contributed by atoms with van der Waals surface area (Å²) in [6.07, 6.45) is -0.0254. The summed E-state index contributed by atoms with van der Waals surface area (Å²) in [5, 5.41) is 3.24. The smallest absolute Gasteiger partial charge is 0.307 e. The van der Waals surface area contributed by atoms with E-state index in [-0.39, 0.29) is 6.04 Å². The molecular formula is C17H26F3N. The van der Waals surface area contributed by atoms with E-state index in [1.165, 1.54) is 0 Å². The highest BCUT2D eigenvalue weighted by Gasteiger charge is 2.33. The molecule has 0 radical (unpaired) electrons. The molecule has 0 amide bonds. The second kappa shape index (κ2) is 9.08. The summed E-state index contributed by atoms with van der Waals surface area (Å²) in [4.78, 5) is 0. The fourth-order valence-corrected chi connectivity index (χ4v) is 2.58. The molecule has 0 saturated carbocycles. The van der Waals surface area contributed by atoms with Crippen LogP contribution in [0.4, 0.5) is 13.2 Å². The minimum Gasteiger partial charge on any atom is -0.307 e. The molecule has 2 unspecified atom stereocenters. The molecule has 1 N–H and O–H groups in total. The fraction of sp³-hybridized carbons (Fsp3) is 0.647. The Labute approximate surface area is 125 Å². The van der Waals surface area contributed by atoms with Crippen molar-refractivity contribution in [2.75, 3.05) is 0 Å². The van der Waals surface area contributed by atoms with Crippen LogP contribution in [0.3, 0.4) is 0 Å². The Bertz CT molecular complexity index is 375. The Morgan fingerprint density at radius 2 is 1.67 bits per heavy atom. The molecule has 0 spiro atoms. The van der Waals surface area contributed by atoms with Gasteiger partial charge in [-0.25, -0.2) is 0 Å². The molecule has 2 atom stereocenters. The van der Waals surface area contributed by atoms with Crippen molar-refractivity contribution in [3.8, 4) is 0 Å². The Kier molecular flexibility index (Phi) is 7.79. The highest BCUT2D eigenvalue weighted by atomic mass is 19.4. The maximum atomic E-state index is 12.8. The van der Waals surface area contributed by atoms with Gasteiger partial charge in [-0.3, -0.25) is 0 Å². The van der Waals surface area contributed by atoms with Gasteiger partial charge in [0.25, 0.3) is 0 Å². The second-order valence-corrected chi connectivity index (χ2v) is 5.58. The molecule has 0 saturated heterocycles. The summed E-state index contributed by atoms with van der Waals surface area (Å²) in [6.45, 7) is 4.18. The van der Waals surface area contributed by atoms with Crippen LogP contribution in [0.2, 0.25) is 0 Å². The van der Waals surface area contributed by atoms with Crippen LogP contribution in [0.25, 0.3) is 0 Å². The number of alkyl halides is 3. The van der Waals surface area contributed by atoms with E-state index >= 15 is 0 Å². The summed E-state index contributed by atoms with van der Waals surface area (Å²) in [5.41, 5.74) is 0.715. The molecule has 1 aromatic rings. The molecule has 4 heteroatoms. The lowest BCUT2D eigenvalue weighted by molar-refractivity contribution is -0.141. The zero-order valence-electron chi connectivity index (χ0n) is 12.9. The van der Waals surface area contributed by atoms with Gasteiger partial charge in [-0.05, 0) is 18.4 Å². The lowest BCUT2D eigenvalue weighted by Crippen LogP contribution is -2.35. The summed E-state index contributed by atoms with van der Waals surface area (Å²) < 4.78 is 38.5. The third kappa shape index (κ3) is 7.51. The average molecular weight is 301 g/mol. The van der Waals surface area contributed by atoms with Crippen molar-refractivity contribution in [1.82, 2.24) is 5.32 Å². The van der Waals surface area contributed by atoms with Gasteiger partial charge in [0.2, 0.25) is 0 Å². The van der Waals surface area contributed by atoms with Gasteiger partial charge in [0, 0.05) is 12.1 Å². The van der Waals surface area contributed by atoms with E-state index in [0.717, 1.165) is 32.1 Å². The van der Waals surface area contributed by atoms with Crippen LogP contribution in [0, 0.1) is 0 Å². The SMILES string of the molecule is CCCCC(CCC)NC(CC(F)(F)F)c1ccccc1. The Morgan fingerprint density at radius 1 is 1.00 bits per heavy atom. The van der Waals surface area contributed by atoms with Gasteiger partial charge in [0.15, 0.2) is 0 Å². The predicted molar refractivity (Wildman–Crippen MR) is 81.2 cm³/mol. The standard InChI is InChI=1S/C17H26F3N/c1-3-5-12-15(9-4-2)21-16(13-17(18,19)20)14-10-7-6-8-11-14/h6-8,10-11,15-16,21H,3-5,9,12-13H2,1-2H3. The summed E-state index contributed by atoms with van der Waals surface area (Å²) in [7, 11) is 0. The van der Waals surface area contributed by atoms with E-state index in [1.54, 1.807) is 24.3 Å². The van der Waals surface area contributed by atoms with Gasteiger partial charge >= 0.3 is 6.18 Å². The van der Waals surface area contributed by atoms with Gasteiger partial charge in [0.05, 0.1) is 6.42 Å².